The van der Waals surface area contributed by atoms with Gasteiger partial charge >= 0.3 is 5.97 Å². The summed E-state index contributed by atoms with van der Waals surface area (Å²) in [6, 6.07) is 12.2. The van der Waals surface area contributed by atoms with Crippen molar-refractivity contribution in [2.45, 2.75) is 19.1 Å². The Labute approximate surface area is 122 Å². The Bertz CT molecular complexity index is 630. The van der Waals surface area contributed by atoms with Crippen molar-refractivity contribution in [2.75, 3.05) is 0 Å². The van der Waals surface area contributed by atoms with Crippen molar-refractivity contribution in [3.05, 3.63) is 65.5 Å². The van der Waals surface area contributed by atoms with Gasteiger partial charge in [-0.2, -0.15) is 0 Å². The minimum Gasteiger partial charge on any atom is -0.489 e. The van der Waals surface area contributed by atoms with Crippen LogP contribution in [0, 0.1) is 5.82 Å². The average molecular weight is 289 g/mol. The van der Waals surface area contributed by atoms with E-state index in [0.29, 0.717) is 16.9 Å². The number of nitrogens with two attached hydrogens (primary N) is 1. The summed E-state index contributed by atoms with van der Waals surface area (Å²) in [5, 5.41) is 8.87. The molecule has 0 saturated carbocycles. The third-order valence-electron chi connectivity index (χ3n) is 3.01. The number of hydrogen-bond acceptors (Lipinski definition) is 3. The molecule has 2 aromatic rings. The number of halogens is 1. The Morgan fingerprint density at radius 3 is 2.71 bits per heavy atom. The molecule has 0 radical (unpaired) electrons. The minimum absolute atomic E-state index is 0.175. The molecule has 3 N–H and O–H groups in total. The maximum absolute atomic E-state index is 13.1. The quantitative estimate of drug-likeness (QED) is 0.856. The van der Waals surface area contributed by atoms with Gasteiger partial charge in [-0.3, -0.25) is 4.79 Å². The molecule has 4 nitrogen and oxygen atoms in total. The summed E-state index contributed by atoms with van der Waals surface area (Å²) in [7, 11) is 0. The van der Waals surface area contributed by atoms with Crippen LogP contribution in [0.3, 0.4) is 0 Å². The molecule has 0 saturated heterocycles. The molecular formula is C16H16FNO3. The van der Waals surface area contributed by atoms with Crippen molar-refractivity contribution in [3.63, 3.8) is 0 Å². The number of ether oxygens (including phenoxy) is 1. The SMILES string of the molecule is NC(Cc1ccccc1OCc1cccc(F)c1)C(=O)O. The maximum atomic E-state index is 13.1. The van der Waals surface area contributed by atoms with Crippen LogP contribution in [0.1, 0.15) is 11.1 Å². The van der Waals surface area contributed by atoms with E-state index in [9.17, 15) is 9.18 Å². The Kier molecular flexibility index (Phi) is 4.90. The lowest BCUT2D eigenvalue weighted by atomic mass is 10.1. The summed E-state index contributed by atoms with van der Waals surface area (Å²) in [6.07, 6.45) is 0.175. The number of carbonyl (C=O) groups is 1. The summed E-state index contributed by atoms with van der Waals surface area (Å²) in [5.41, 5.74) is 6.95. The highest BCUT2D eigenvalue weighted by molar-refractivity contribution is 5.73. The number of benzene rings is 2. The van der Waals surface area contributed by atoms with Crippen LogP contribution >= 0.6 is 0 Å². The number of hydrogen-bond donors (Lipinski definition) is 2. The van der Waals surface area contributed by atoms with Gasteiger partial charge in [0.05, 0.1) is 0 Å². The van der Waals surface area contributed by atoms with E-state index in [2.05, 4.69) is 0 Å². The van der Waals surface area contributed by atoms with E-state index >= 15 is 0 Å². The van der Waals surface area contributed by atoms with Crippen LogP contribution in [-0.4, -0.2) is 17.1 Å². The highest BCUT2D eigenvalue weighted by atomic mass is 19.1. The third kappa shape index (κ3) is 4.29. The van der Waals surface area contributed by atoms with Gasteiger partial charge in [0.2, 0.25) is 0 Å². The van der Waals surface area contributed by atoms with Crippen LogP contribution in [0.5, 0.6) is 5.75 Å². The van der Waals surface area contributed by atoms with Crippen LogP contribution in [0.15, 0.2) is 48.5 Å². The second-order valence-electron chi connectivity index (χ2n) is 4.68. The fourth-order valence-electron chi connectivity index (χ4n) is 1.93. The van der Waals surface area contributed by atoms with Crippen LogP contribution in [0.2, 0.25) is 0 Å². The van der Waals surface area contributed by atoms with Crippen LogP contribution < -0.4 is 10.5 Å². The molecule has 21 heavy (non-hydrogen) atoms. The predicted octanol–water partition coefficient (Wildman–Crippen LogP) is 2.36. The standard InChI is InChI=1S/C16H16FNO3/c17-13-6-3-4-11(8-13)10-21-15-7-2-1-5-12(15)9-14(18)16(19)20/h1-8,14H,9-10,18H2,(H,19,20). The van der Waals surface area contributed by atoms with E-state index in [1.165, 1.54) is 12.1 Å². The lowest BCUT2D eigenvalue weighted by Crippen LogP contribution is -2.32. The number of carboxylic acid groups (broad SMARTS) is 1. The lowest BCUT2D eigenvalue weighted by molar-refractivity contribution is -0.138. The molecule has 1 atom stereocenters. The van der Waals surface area contributed by atoms with E-state index in [1.54, 1.807) is 36.4 Å². The first-order valence-electron chi connectivity index (χ1n) is 6.50. The zero-order valence-electron chi connectivity index (χ0n) is 11.3. The number of rotatable bonds is 6. The van der Waals surface area contributed by atoms with Crippen molar-refractivity contribution >= 4 is 5.97 Å². The van der Waals surface area contributed by atoms with Crippen molar-refractivity contribution in [1.29, 1.82) is 0 Å². The fourth-order valence-corrected chi connectivity index (χ4v) is 1.93. The van der Waals surface area contributed by atoms with E-state index < -0.39 is 12.0 Å². The molecule has 0 aliphatic rings. The molecule has 110 valence electrons. The third-order valence-corrected chi connectivity index (χ3v) is 3.01. The van der Waals surface area contributed by atoms with Gasteiger partial charge in [-0.1, -0.05) is 30.3 Å². The number of aliphatic carboxylic acids is 1. The summed E-state index contributed by atoms with van der Waals surface area (Å²) in [4.78, 5) is 10.8. The van der Waals surface area contributed by atoms with Gasteiger partial charge in [0, 0.05) is 6.42 Å². The topological polar surface area (TPSA) is 72.5 Å². The van der Waals surface area contributed by atoms with Gasteiger partial charge < -0.3 is 15.6 Å². The first-order chi connectivity index (χ1) is 10.1. The first-order valence-corrected chi connectivity index (χ1v) is 6.50. The summed E-state index contributed by atoms with van der Waals surface area (Å²) in [5.74, 6) is -0.828. The predicted molar refractivity (Wildman–Crippen MR) is 76.5 cm³/mol. The smallest absolute Gasteiger partial charge is 0.320 e. The fraction of sp³-hybridized carbons (Fsp3) is 0.188. The van der Waals surface area contributed by atoms with Crippen molar-refractivity contribution in [2.24, 2.45) is 5.73 Å². The van der Waals surface area contributed by atoms with E-state index in [0.717, 1.165) is 0 Å². The zero-order chi connectivity index (χ0) is 15.2. The molecule has 2 rings (SSSR count). The highest BCUT2D eigenvalue weighted by Gasteiger charge is 2.14. The lowest BCUT2D eigenvalue weighted by Gasteiger charge is -2.13. The largest absolute Gasteiger partial charge is 0.489 e. The molecule has 0 heterocycles. The molecule has 0 bridgehead atoms. The molecule has 5 heteroatoms. The zero-order valence-corrected chi connectivity index (χ0v) is 11.3. The molecule has 2 aromatic carbocycles. The van der Waals surface area contributed by atoms with Crippen molar-refractivity contribution in [1.82, 2.24) is 0 Å². The highest BCUT2D eigenvalue weighted by Crippen LogP contribution is 2.21. The normalized spacial score (nSPS) is 11.9. The van der Waals surface area contributed by atoms with Crippen molar-refractivity contribution < 1.29 is 19.0 Å². The molecule has 1 unspecified atom stereocenters. The van der Waals surface area contributed by atoms with Gasteiger partial charge in [-0.05, 0) is 29.3 Å². The van der Waals surface area contributed by atoms with Gasteiger partial charge in [0.25, 0.3) is 0 Å². The van der Waals surface area contributed by atoms with Crippen LogP contribution in [-0.2, 0) is 17.8 Å². The van der Waals surface area contributed by atoms with Gasteiger partial charge in [0.15, 0.2) is 0 Å². The Balaban J connectivity index is 2.08. The number of para-hydroxylation sites is 1. The van der Waals surface area contributed by atoms with E-state index in [-0.39, 0.29) is 18.8 Å². The average Bonchev–Trinajstić information content (AvgIpc) is 2.46. The molecule has 0 fully saturated rings. The molecule has 0 aliphatic carbocycles. The second-order valence-corrected chi connectivity index (χ2v) is 4.68. The Hall–Kier alpha value is -2.40. The van der Waals surface area contributed by atoms with Crippen LogP contribution in [0.25, 0.3) is 0 Å². The second kappa shape index (κ2) is 6.85. The van der Waals surface area contributed by atoms with Crippen LogP contribution in [0.4, 0.5) is 4.39 Å². The molecular weight excluding hydrogens is 273 g/mol. The Morgan fingerprint density at radius 1 is 1.24 bits per heavy atom. The molecule has 0 aliphatic heterocycles. The summed E-state index contributed by atoms with van der Waals surface area (Å²) in [6.45, 7) is 0.205. The summed E-state index contributed by atoms with van der Waals surface area (Å²) < 4.78 is 18.7. The van der Waals surface area contributed by atoms with Gasteiger partial charge in [-0.25, -0.2) is 4.39 Å². The van der Waals surface area contributed by atoms with E-state index in [1.807, 2.05) is 0 Å². The Morgan fingerprint density at radius 2 is 2.00 bits per heavy atom. The molecule has 0 aromatic heterocycles. The minimum atomic E-state index is -1.06. The number of carboxylic acids is 1. The monoisotopic (exact) mass is 289 g/mol. The summed E-state index contributed by atoms with van der Waals surface area (Å²) >= 11 is 0. The van der Waals surface area contributed by atoms with Gasteiger partial charge in [0.1, 0.15) is 24.2 Å². The van der Waals surface area contributed by atoms with Gasteiger partial charge in [-0.15, -0.1) is 0 Å². The van der Waals surface area contributed by atoms with Crippen molar-refractivity contribution in [3.8, 4) is 5.75 Å². The molecule has 0 spiro atoms. The maximum Gasteiger partial charge on any atom is 0.320 e. The first kappa shape index (κ1) is 15.0. The molecule has 0 amide bonds. The van der Waals surface area contributed by atoms with E-state index in [4.69, 9.17) is 15.6 Å².